The van der Waals surface area contributed by atoms with Crippen molar-refractivity contribution in [3.05, 3.63) is 59.0 Å². The van der Waals surface area contributed by atoms with E-state index in [-0.39, 0.29) is 12.3 Å². The van der Waals surface area contributed by atoms with Crippen LogP contribution in [0.1, 0.15) is 27.2 Å². The predicted octanol–water partition coefficient (Wildman–Crippen LogP) is 2.57. The van der Waals surface area contributed by atoms with Crippen molar-refractivity contribution >= 4 is 11.9 Å². The molecule has 1 unspecified atom stereocenters. The Morgan fingerprint density at radius 2 is 2.05 bits per heavy atom. The lowest BCUT2D eigenvalue weighted by Crippen LogP contribution is -2.34. The number of nitrogens with one attached hydrogen (secondary N) is 1. The van der Waals surface area contributed by atoms with E-state index in [4.69, 9.17) is 4.42 Å². The summed E-state index contributed by atoms with van der Waals surface area (Å²) in [5.41, 5.74) is 2.75. The molecule has 5 nitrogen and oxygen atoms in total. The van der Waals surface area contributed by atoms with Gasteiger partial charge in [-0.05, 0) is 31.9 Å². The van der Waals surface area contributed by atoms with Crippen LogP contribution in [0.25, 0.3) is 0 Å². The fraction of sp³-hybridized carbons (Fsp3) is 0.294. The van der Waals surface area contributed by atoms with Crippen LogP contribution >= 0.6 is 0 Å². The highest BCUT2D eigenvalue weighted by atomic mass is 16.4. The Kier molecular flexibility index (Phi) is 4.99. The van der Waals surface area contributed by atoms with E-state index in [0.717, 1.165) is 16.7 Å². The summed E-state index contributed by atoms with van der Waals surface area (Å²) in [6, 6.07) is 9.39. The van der Waals surface area contributed by atoms with Crippen LogP contribution < -0.4 is 5.32 Å². The zero-order valence-corrected chi connectivity index (χ0v) is 12.6. The average Bonchev–Trinajstić information content (AvgIpc) is 2.89. The Labute approximate surface area is 129 Å². The molecule has 0 bridgehead atoms. The van der Waals surface area contributed by atoms with Gasteiger partial charge in [0.2, 0.25) is 0 Å². The van der Waals surface area contributed by atoms with E-state index in [2.05, 4.69) is 5.32 Å². The van der Waals surface area contributed by atoms with Gasteiger partial charge in [0.1, 0.15) is 0 Å². The lowest BCUT2D eigenvalue weighted by Gasteiger charge is -2.13. The van der Waals surface area contributed by atoms with Gasteiger partial charge in [-0.1, -0.05) is 29.8 Å². The van der Waals surface area contributed by atoms with Crippen molar-refractivity contribution in [1.82, 2.24) is 5.32 Å². The molecule has 0 saturated heterocycles. The lowest BCUT2D eigenvalue weighted by molar-refractivity contribution is -0.141. The molecule has 0 aliphatic heterocycles. The van der Waals surface area contributed by atoms with E-state index in [1.54, 1.807) is 13.0 Å². The fourth-order valence-electron chi connectivity index (χ4n) is 2.27. The number of carbonyl (C=O) groups is 2. The van der Waals surface area contributed by atoms with Crippen LogP contribution in [-0.2, 0) is 11.2 Å². The average molecular weight is 301 g/mol. The molecule has 0 spiro atoms. The third-order valence-electron chi connectivity index (χ3n) is 3.49. The number of carboxylic acid groups (broad SMARTS) is 1. The van der Waals surface area contributed by atoms with Gasteiger partial charge in [0.15, 0.2) is 5.76 Å². The normalized spacial score (nSPS) is 11.9. The molecular weight excluding hydrogens is 282 g/mol. The van der Waals surface area contributed by atoms with Gasteiger partial charge in [-0.2, -0.15) is 0 Å². The molecular formula is C17H19NO4. The second-order valence-electron chi connectivity index (χ2n) is 5.37. The minimum absolute atomic E-state index is 0.0578. The monoisotopic (exact) mass is 301 g/mol. The third-order valence-corrected chi connectivity index (χ3v) is 3.49. The SMILES string of the molecule is Cc1cccc(CC(CNC(=O)c2occc2C)C(=O)O)c1. The molecule has 116 valence electrons. The standard InChI is InChI=1S/C17H19NO4/c1-11-4-3-5-13(8-11)9-14(17(20)21)10-18-16(19)15-12(2)6-7-22-15/h3-8,14H,9-10H2,1-2H3,(H,18,19)(H,20,21). The van der Waals surface area contributed by atoms with Gasteiger partial charge < -0.3 is 14.8 Å². The molecule has 1 atom stereocenters. The topological polar surface area (TPSA) is 79.5 Å². The molecule has 0 aliphatic rings. The number of carboxylic acids is 1. The van der Waals surface area contributed by atoms with Gasteiger partial charge in [0.05, 0.1) is 12.2 Å². The molecule has 1 aromatic heterocycles. The fourth-order valence-corrected chi connectivity index (χ4v) is 2.27. The Morgan fingerprint density at radius 1 is 1.27 bits per heavy atom. The summed E-state index contributed by atoms with van der Waals surface area (Å²) < 4.78 is 5.09. The molecule has 0 aliphatic carbocycles. The van der Waals surface area contributed by atoms with Gasteiger partial charge in [-0.25, -0.2) is 0 Å². The summed E-state index contributed by atoms with van der Waals surface area (Å²) in [7, 11) is 0. The van der Waals surface area contributed by atoms with Gasteiger partial charge in [-0.15, -0.1) is 0 Å². The van der Waals surface area contributed by atoms with Crippen LogP contribution in [0.2, 0.25) is 0 Å². The van der Waals surface area contributed by atoms with Crippen molar-refractivity contribution < 1.29 is 19.1 Å². The first-order valence-electron chi connectivity index (χ1n) is 7.08. The molecule has 2 rings (SSSR count). The van der Waals surface area contributed by atoms with Gasteiger partial charge in [0.25, 0.3) is 5.91 Å². The number of amides is 1. The Balaban J connectivity index is 1.99. The van der Waals surface area contributed by atoms with Crippen LogP contribution in [0.3, 0.4) is 0 Å². The summed E-state index contributed by atoms with van der Waals surface area (Å²) >= 11 is 0. The van der Waals surface area contributed by atoms with Crippen molar-refractivity contribution in [3.8, 4) is 0 Å². The maximum absolute atomic E-state index is 12.0. The van der Waals surface area contributed by atoms with E-state index < -0.39 is 17.8 Å². The van der Waals surface area contributed by atoms with E-state index in [0.29, 0.717) is 6.42 Å². The van der Waals surface area contributed by atoms with Gasteiger partial charge in [-0.3, -0.25) is 9.59 Å². The molecule has 5 heteroatoms. The Hall–Kier alpha value is -2.56. The highest BCUT2D eigenvalue weighted by molar-refractivity contribution is 5.93. The van der Waals surface area contributed by atoms with Gasteiger partial charge >= 0.3 is 5.97 Å². The third kappa shape index (κ3) is 3.97. The number of aliphatic carboxylic acids is 1. The number of hydrogen-bond donors (Lipinski definition) is 2. The number of hydrogen-bond acceptors (Lipinski definition) is 3. The quantitative estimate of drug-likeness (QED) is 0.859. The van der Waals surface area contributed by atoms with Crippen molar-refractivity contribution in [2.24, 2.45) is 5.92 Å². The molecule has 2 aromatic rings. The minimum atomic E-state index is -0.932. The Morgan fingerprint density at radius 3 is 2.64 bits per heavy atom. The van der Waals surface area contributed by atoms with Gasteiger partial charge in [0, 0.05) is 12.1 Å². The highest BCUT2D eigenvalue weighted by Gasteiger charge is 2.21. The molecule has 22 heavy (non-hydrogen) atoms. The first-order valence-corrected chi connectivity index (χ1v) is 7.08. The zero-order chi connectivity index (χ0) is 16.1. The summed E-state index contributed by atoms with van der Waals surface area (Å²) in [5.74, 6) is -1.78. The van der Waals surface area contributed by atoms with E-state index in [1.807, 2.05) is 31.2 Å². The lowest BCUT2D eigenvalue weighted by atomic mass is 9.98. The van der Waals surface area contributed by atoms with Crippen LogP contribution in [0, 0.1) is 19.8 Å². The largest absolute Gasteiger partial charge is 0.481 e. The molecule has 1 heterocycles. The number of furan rings is 1. The van der Waals surface area contributed by atoms with E-state index in [9.17, 15) is 14.7 Å². The summed E-state index contributed by atoms with van der Waals surface area (Å²) in [4.78, 5) is 23.3. The highest BCUT2D eigenvalue weighted by Crippen LogP contribution is 2.12. The number of rotatable bonds is 6. The zero-order valence-electron chi connectivity index (χ0n) is 12.6. The minimum Gasteiger partial charge on any atom is -0.481 e. The second kappa shape index (κ2) is 6.93. The number of benzene rings is 1. The molecule has 0 fully saturated rings. The first kappa shape index (κ1) is 15.8. The van der Waals surface area contributed by atoms with Crippen molar-refractivity contribution in [2.75, 3.05) is 6.54 Å². The van der Waals surface area contributed by atoms with Crippen LogP contribution in [0.5, 0.6) is 0 Å². The smallest absolute Gasteiger partial charge is 0.308 e. The predicted molar refractivity (Wildman–Crippen MR) is 81.8 cm³/mol. The van der Waals surface area contributed by atoms with Crippen molar-refractivity contribution in [3.63, 3.8) is 0 Å². The van der Waals surface area contributed by atoms with Crippen LogP contribution in [-0.4, -0.2) is 23.5 Å². The maximum atomic E-state index is 12.0. The summed E-state index contributed by atoms with van der Waals surface area (Å²) in [5, 5.41) is 12.0. The van der Waals surface area contributed by atoms with Crippen LogP contribution in [0.15, 0.2) is 41.0 Å². The molecule has 1 amide bonds. The van der Waals surface area contributed by atoms with E-state index >= 15 is 0 Å². The second-order valence-corrected chi connectivity index (χ2v) is 5.37. The van der Waals surface area contributed by atoms with Crippen molar-refractivity contribution in [2.45, 2.75) is 20.3 Å². The van der Waals surface area contributed by atoms with E-state index in [1.165, 1.54) is 6.26 Å². The number of aryl methyl sites for hydroxylation is 2. The molecule has 2 N–H and O–H groups in total. The number of carbonyl (C=O) groups excluding carboxylic acids is 1. The summed E-state index contributed by atoms with van der Waals surface area (Å²) in [6.07, 6.45) is 1.81. The first-order chi connectivity index (χ1) is 10.5. The molecule has 1 aromatic carbocycles. The summed E-state index contributed by atoms with van der Waals surface area (Å²) in [6.45, 7) is 3.78. The van der Waals surface area contributed by atoms with Crippen molar-refractivity contribution in [1.29, 1.82) is 0 Å². The molecule has 0 radical (unpaired) electrons. The van der Waals surface area contributed by atoms with Crippen LogP contribution in [0.4, 0.5) is 0 Å². The Bertz CT molecular complexity index is 675. The maximum Gasteiger partial charge on any atom is 0.308 e. The molecule has 0 saturated carbocycles.